The van der Waals surface area contributed by atoms with E-state index in [1.54, 1.807) is 6.20 Å². The van der Waals surface area contributed by atoms with Crippen molar-refractivity contribution in [1.82, 2.24) is 4.98 Å². The quantitative estimate of drug-likeness (QED) is 0.791. The van der Waals surface area contributed by atoms with Crippen LogP contribution in [-0.4, -0.2) is 31.6 Å². The third-order valence-electron chi connectivity index (χ3n) is 3.62. The molecule has 1 amide bonds. The van der Waals surface area contributed by atoms with Gasteiger partial charge in [0.2, 0.25) is 15.0 Å². The summed E-state index contributed by atoms with van der Waals surface area (Å²) < 4.78 is 22.4. The lowest BCUT2D eigenvalue weighted by atomic mass is 10.1. The van der Waals surface area contributed by atoms with Crippen molar-refractivity contribution in [2.75, 3.05) is 17.2 Å². The Morgan fingerprint density at radius 3 is 2.77 bits per heavy atom. The molecule has 5 nitrogen and oxygen atoms in total. The summed E-state index contributed by atoms with van der Waals surface area (Å²) in [6, 6.07) is 7.36. The fourth-order valence-electron chi connectivity index (χ4n) is 2.69. The number of rotatable bonds is 3. The van der Waals surface area contributed by atoms with Gasteiger partial charge in [-0.3, -0.25) is 9.78 Å². The van der Waals surface area contributed by atoms with E-state index in [4.69, 9.17) is 22.3 Å². The van der Waals surface area contributed by atoms with Crippen LogP contribution in [0, 0.1) is 5.92 Å². The van der Waals surface area contributed by atoms with Crippen LogP contribution in [0.1, 0.15) is 6.42 Å². The van der Waals surface area contributed by atoms with Gasteiger partial charge in [-0.2, -0.15) is 0 Å². The highest BCUT2D eigenvalue weighted by Gasteiger charge is 2.34. The van der Waals surface area contributed by atoms with Gasteiger partial charge >= 0.3 is 0 Å². The number of benzene rings is 1. The molecule has 1 atom stereocenters. The van der Waals surface area contributed by atoms with Gasteiger partial charge in [-0.25, -0.2) is 8.42 Å². The lowest BCUT2D eigenvalue weighted by Gasteiger charge is -2.18. The maximum absolute atomic E-state index is 12.2. The smallest absolute Gasteiger partial charge is 0.232 e. The van der Waals surface area contributed by atoms with Gasteiger partial charge < -0.3 is 4.90 Å². The van der Waals surface area contributed by atoms with Crippen LogP contribution in [0.3, 0.4) is 0 Å². The summed E-state index contributed by atoms with van der Waals surface area (Å²) in [7, 11) is 1.63. The van der Waals surface area contributed by atoms with E-state index in [2.05, 4.69) is 4.98 Å². The van der Waals surface area contributed by atoms with Gasteiger partial charge in [0.25, 0.3) is 0 Å². The second-order valence-electron chi connectivity index (χ2n) is 5.25. The van der Waals surface area contributed by atoms with Crippen LogP contribution in [0.5, 0.6) is 0 Å². The zero-order valence-corrected chi connectivity index (χ0v) is 13.7. The van der Waals surface area contributed by atoms with E-state index in [9.17, 15) is 13.2 Å². The predicted molar refractivity (Wildman–Crippen MR) is 86.9 cm³/mol. The SMILES string of the molecule is O=C1CC(CS(=O)(=O)Cl)CN1c1cnc2ccccc2c1Cl. The van der Waals surface area contributed by atoms with Crippen molar-refractivity contribution < 1.29 is 13.2 Å². The fourth-order valence-corrected chi connectivity index (χ4v) is 4.32. The van der Waals surface area contributed by atoms with Gasteiger partial charge in [0.05, 0.1) is 28.2 Å². The summed E-state index contributed by atoms with van der Waals surface area (Å²) in [5.41, 5.74) is 1.24. The summed E-state index contributed by atoms with van der Waals surface area (Å²) in [6.45, 7) is 0.268. The standard InChI is InChI=1S/C14H12Cl2N2O3S/c15-14-10-3-1-2-4-11(10)17-6-12(14)18-7-9(5-13(18)19)8-22(16,20)21/h1-4,6,9H,5,7-8H2. The number of amides is 1. The first-order valence-electron chi connectivity index (χ1n) is 6.61. The summed E-state index contributed by atoms with van der Waals surface area (Å²) in [6.07, 6.45) is 1.68. The first-order valence-corrected chi connectivity index (χ1v) is 9.47. The molecule has 0 bridgehead atoms. The van der Waals surface area contributed by atoms with Crippen LogP contribution >= 0.6 is 22.3 Å². The molecule has 1 aliphatic rings. The molecular formula is C14H12Cl2N2O3S. The largest absolute Gasteiger partial charge is 0.309 e. The molecule has 0 N–H and O–H groups in total. The van der Waals surface area contributed by atoms with Crippen molar-refractivity contribution in [2.45, 2.75) is 6.42 Å². The maximum atomic E-state index is 12.2. The van der Waals surface area contributed by atoms with Gasteiger partial charge in [-0.15, -0.1) is 0 Å². The molecule has 0 spiro atoms. The lowest BCUT2D eigenvalue weighted by Crippen LogP contribution is -2.25. The number of halogens is 2. The third-order valence-corrected chi connectivity index (χ3v) is 5.27. The highest BCUT2D eigenvalue weighted by atomic mass is 35.7. The van der Waals surface area contributed by atoms with E-state index in [1.807, 2.05) is 24.3 Å². The highest BCUT2D eigenvalue weighted by molar-refractivity contribution is 8.13. The zero-order chi connectivity index (χ0) is 15.9. The first-order chi connectivity index (χ1) is 10.3. The monoisotopic (exact) mass is 358 g/mol. The van der Waals surface area contributed by atoms with Crippen LogP contribution in [0.2, 0.25) is 5.02 Å². The number of para-hydroxylation sites is 1. The van der Waals surface area contributed by atoms with Crippen LogP contribution in [0.4, 0.5) is 5.69 Å². The minimum atomic E-state index is -3.64. The molecule has 8 heteroatoms. The van der Waals surface area contributed by atoms with E-state index in [-0.39, 0.29) is 30.5 Å². The van der Waals surface area contributed by atoms with Crippen molar-refractivity contribution in [2.24, 2.45) is 5.92 Å². The summed E-state index contributed by atoms with van der Waals surface area (Å²) in [5, 5.41) is 1.19. The van der Waals surface area contributed by atoms with Gasteiger partial charge in [-0.1, -0.05) is 29.8 Å². The average molecular weight is 359 g/mol. The number of pyridine rings is 1. The molecule has 3 rings (SSSR count). The Bertz CT molecular complexity index is 854. The summed E-state index contributed by atoms with van der Waals surface area (Å²) >= 11 is 6.39. The van der Waals surface area contributed by atoms with E-state index >= 15 is 0 Å². The Kier molecular flexibility index (Phi) is 4.01. The molecule has 1 unspecified atom stereocenters. The van der Waals surface area contributed by atoms with E-state index in [0.29, 0.717) is 10.7 Å². The number of anilines is 1. The molecular weight excluding hydrogens is 347 g/mol. The Morgan fingerprint density at radius 1 is 1.32 bits per heavy atom. The average Bonchev–Trinajstić information content (AvgIpc) is 2.78. The molecule has 0 saturated carbocycles. The normalized spacial score (nSPS) is 19.1. The number of carbonyl (C=O) groups is 1. The maximum Gasteiger partial charge on any atom is 0.232 e. The number of aromatic nitrogens is 1. The number of fused-ring (bicyclic) bond motifs is 1. The van der Waals surface area contributed by atoms with E-state index in [1.165, 1.54) is 4.90 Å². The minimum Gasteiger partial charge on any atom is -0.309 e. The fraction of sp³-hybridized carbons (Fsp3) is 0.286. The molecule has 1 aliphatic heterocycles. The number of hydrogen-bond donors (Lipinski definition) is 0. The molecule has 116 valence electrons. The molecule has 1 aromatic heterocycles. The van der Waals surface area contributed by atoms with E-state index < -0.39 is 9.05 Å². The topological polar surface area (TPSA) is 67.3 Å². The summed E-state index contributed by atoms with van der Waals surface area (Å²) in [4.78, 5) is 17.9. The van der Waals surface area contributed by atoms with Crippen molar-refractivity contribution in [3.63, 3.8) is 0 Å². The third kappa shape index (κ3) is 3.04. The Balaban J connectivity index is 1.94. The molecule has 22 heavy (non-hydrogen) atoms. The lowest BCUT2D eigenvalue weighted by molar-refractivity contribution is -0.117. The number of carbonyl (C=O) groups excluding carboxylic acids is 1. The van der Waals surface area contributed by atoms with Gasteiger partial charge in [-0.05, 0) is 6.07 Å². The Morgan fingerprint density at radius 2 is 2.05 bits per heavy atom. The van der Waals surface area contributed by atoms with Gasteiger partial charge in [0, 0.05) is 35.0 Å². The molecule has 1 fully saturated rings. The minimum absolute atomic E-state index is 0.134. The van der Waals surface area contributed by atoms with Gasteiger partial charge in [0.1, 0.15) is 0 Å². The molecule has 1 aromatic carbocycles. The van der Waals surface area contributed by atoms with Crippen LogP contribution < -0.4 is 4.90 Å². The Labute approximate surface area is 137 Å². The second kappa shape index (κ2) is 5.68. The van der Waals surface area contributed by atoms with Crippen molar-refractivity contribution >= 4 is 53.8 Å². The zero-order valence-electron chi connectivity index (χ0n) is 11.4. The predicted octanol–water partition coefficient (Wildman–Crippen LogP) is 2.81. The molecule has 2 aromatic rings. The number of nitrogens with zero attached hydrogens (tertiary/aromatic N) is 2. The molecule has 1 saturated heterocycles. The van der Waals surface area contributed by atoms with Crippen LogP contribution in [0.25, 0.3) is 10.9 Å². The van der Waals surface area contributed by atoms with Crippen LogP contribution in [-0.2, 0) is 13.8 Å². The second-order valence-corrected chi connectivity index (χ2v) is 8.45. The number of hydrogen-bond acceptors (Lipinski definition) is 4. The molecule has 0 radical (unpaired) electrons. The molecule has 0 aliphatic carbocycles. The van der Waals surface area contributed by atoms with Crippen LogP contribution in [0.15, 0.2) is 30.5 Å². The van der Waals surface area contributed by atoms with Crippen molar-refractivity contribution in [3.8, 4) is 0 Å². The van der Waals surface area contributed by atoms with Crippen molar-refractivity contribution in [3.05, 3.63) is 35.5 Å². The van der Waals surface area contributed by atoms with Crippen molar-refractivity contribution in [1.29, 1.82) is 0 Å². The van der Waals surface area contributed by atoms with E-state index in [0.717, 1.165) is 10.9 Å². The Hall–Kier alpha value is -1.37. The molecule has 2 heterocycles. The van der Waals surface area contributed by atoms with Gasteiger partial charge in [0.15, 0.2) is 0 Å². The first kappa shape index (κ1) is 15.5. The summed E-state index contributed by atoms with van der Waals surface area (Å²) in [5.74, 6) is -0.739. The highest BCUT2D eigenvalue weighted by Crippen LogP contribution is 2.35.